The monoisotopic (exact) mass is 484 g/mol. The van der Waals surface area contributed by atoms with E-state index in [1.54, 1.807) is 6.07 Å². The highest BCUT2D eigenvalue weighted by Gasteiger charge is 2.21. The number of nitrogens with two attached hydrogens (primary N) is 1. The number of primary amides is 1. The van der Waals surface area contributed by atoms with Gasteiger partial charge in [0, 0.05) is 51.3 Å². The molecule has 0 aliphatic carbocycles. The first-order valence-corrected chi connectivity index (χ1v) is 11.7. The van der Waals surface area contributed by atoms with Crippen molar-refractivity contribution in [3.63, 3.8) is 0 Å². The Morgan fingerprint density at radius 3 is 2.71 bits per heavy atom. The van der Waals surface area contributed by atoms with Crippen LogP contribution in [0, 0.1) is 17.0 Å². The maximum absolute atomic E-state index is 11.6. The highest BCUT2D eigenvalue weighted by molar-refractivity contribution is 7.98. The lowest BCUT2D eigenvalue weighted by atomic mass is 10.1. The molecule has 0 unspecified atom stereocenters. The van der Waals surface area contributed by atoms with Gasteiger partial charge in [-0.05, 0) is 36.8 Å². The average Bonchev–Trinajstić information content (AvgIpc) is 3.46. The maximum atomic E-state index is 11.6. The first-order chi connectivity index (χ1) is 16.9. The zero-order chi connectivity index (χ0) is 24.5. The van der Waals surface area contributed by atoms with Crippen LogP contribution in [0.15, 0.2) is 78.1 Å². The number of hydrogen-bond acceptors (Lipinski definition) is 6. The second-order valence-corrected chi connectivity index (χ2v) is 8.92. The van der Waals surface area contributed by atoms with Crippen molar-refractivity contribution in [2.75, 3.05) is 0 Å². The van der Waals surface area contributed by atoms with Crippen molar-refractivity contribution in [1.29, 1.82) is 0 Å². The Morgan fingerprint density at radius 2 is 1.94 bits per heavy atom. The molecule has 5 aromatic rings. The summed E-state index contributed by atoms with van der Waals surface area (Å²) >= 11 is 1.33. The van der Waals surface area contributed by atoms with E-state index in [1.165, 1.54) is 23.9 Å². The van der Waals surface area contributed by atoms with E-state index in [2.05, 4.69) is 15.2 Å². The molecule has 0 radical (unpaired) electrons. The van der Waals surface area contributed by atoms with Crippen LogP contribution in [0.1, 0.15) is 21.5 Å². The van der Waals surface area contributed by atoms with E-state index in [0.29, 0.717) is 16.5 Å². The Labute approximate surface area is 204 Å². The van der Waals surface area contributed by atoms with Gasteiger partial charge in [0.05, 0.1) is 4.92 Å². The van der Waals surface area contributed by atoms with Gasteiger partial charge in [0.25, 0.3) is 5.69 Å². The molecule has 0 saturated heterocycles. The lowest BCUT2D eigenvalue weighted by Crippen LogP contribution is -2.11. The fraction of sp³-hybridized carbons (Fsp3) is 0.0800. The van der Waals surface area contributed by atoms with Crippen molar-refractivity contribution >= 4 is 34.3 Å². The van der Waals surface area contributed by atoms with Crippen LogP contribution in [0.5, 0.6) is 0 Å². The third kappa shape index (κ3) is 4.26. The molecule has 0 saturated carbocycles. The molecule has 3 N–H and O–H groups in total. The summed E-state index contributed by atoms with van der Waals surface area (Å²) in [5.74, 6) is 0.205. The van der Waals surface area contributed by atoms with Gasteiger partial charge in [0.2, 0.25) is 5.91 Å². The molecule has 0 atom stereocenters. The molecule has 2 heterocycles. The number of benzene rings is 3. The largest absolute Gasteiger partial charge is 0.366 e. The Hall–Kier alpha value is -4.44. The summed E-state index contributed by atoms with van der Waals surface area (Å²) in [5, 5.41) is 22.2. The molecule has 2 aromatic heterocycles. The summed E-state index contributed by atoms with van der Waals surface area (Å²) in [6.07, 6.45) is 1.91. The number of fused-ring (bicyclic) bond motifs is 1. The molecular weight excluding hydrogens is 464 g/mol. The number of para-hydroxylation sites is 1. The smallest absolute Gasteiger partial charge is 0.274 e. The number of carbonyl (C=O) groups is 1. The number of carbonyl (C=O) groups excluding carboxylic acids is 1. The van der Waals surface area contributed by atoms with Gasteiger partial charge in [-0.3, -0.25) is 19.5 Å². The first-order valence-electron chi connectivity index (χ1n) is 10.7. The molecule has 0 bridgehead atoms. The van der Waals surface area contributed by atoms with E-state index < -0.39 is 10.8 Å². The van der Waals surface area contributed by atoms with Crippen LogP contribution in [0.25, 0.3) is 28.0 Å². The number of nitrogens with one attached hydrogen (secondary N) is 1. The van der Waals surface area contributed by atoms with Crippen LogP contribution >= 0.6 is 11.8 Å². The summed E-state index contributed by atoms with van der Waals surface area (Å²) < 4.78 is 1.96. The molecule has 5 rings (SSSR count). The molecule has 35 heavy (non-hydrogen) atoms. The van der Waals surface area contributed by atoms with Crippen molar-refractivity contribution in [3.05, 3.63) is 99.7 Å². The van der Waals surface area contributed by atoms with Gasteiger partial charge in [0.1, 0.15) is 0 Å². The van der Waals surface area contributed by atoms with Gasteiger partial charge in [-0.2, -0.15) is 0 Å². The molecule has 0 aliphatic heterocycles. The predicted octanol–water partition coefficient (Wildman–Crippen LogP) is 5.02. The van der Waals surface area contributed by atoms with Crippen LogP contribution in [0.3, 0.4) is 0 Å². The average molecular weight is 485 g/mol. The number of amides is 1. The minimum absolute atomic E-state index is 0.0926. The van der Waals surface area contributed by atoms with E-state index in [-0.39, 0.29) is 17.0 Å². The fourth-order valence-electron chi connectivity index (χ4n) is 3.95. The number of aromatic nitrogens is 4. The summed E-state index contributed by atoms with van der Waals surface area (Å²) in [6.45, 7) is 2.01. The van der Waals surface area contributed by atoms with E-state index >= 15 is 0 Å². The number of nitro benzene ring substituents is 1. The van der Waals surface area contributed by atoms with E-state index in [9.17, 15) is 14.9 Å². The summed E-state index contributed by atoms with van der Waals surface area (Å²) in [6, 6.07) is 20.2. The Bertz CT molecular complexity index is 1590. The predicted molar refractivity (Wildman–Crippen MR) is 135 cm³/mol. The quantitative estimate of drug-likeness (QED) is 0.189. The SMILES string of the molecule is Cc1cccc(-n2c(SCc3ccc(C(N)=O)cc3[N+](=O)[O-])nnc2-c2c[nH]c3ccccc23)c1. The van der Waals surface area contributed by atoms with Crippen molar-refractivity contribution in [1.82, 2.24) is 19.7 Å². The Kier molecular flexibility index (Phi) is 5.79. The van der Waals surface area contributed by atoms with Gasteiger partial charge < -0.3 is 10.7 Å². The number of hydrogen-bond donors (Lipinski definition) is 2. The van der Waals surface area contributed by atoms with Gasteiger partial charge in [-0.25, -0.2) is 0 Å². The third-order valence-electron chi connectivity index (χ3n) is 5.65. The molecule has 0 spiro atoms. The number of aryl methyl sites for hydroxylation is 1. The van der Waals surface area contributed by atoms with Gasteiger partial charge >= 0.3 is 0 Å². The number of rotatable bonds is 7. The number of nitrogens with zero attached hydrogens (tertiary/aromatic N) is 4. The normalized spacial score (nSPS) is 11.1. The maximum Gasteiger partial charge on any atom is 0.274 e. The molecule has 0 aliphatic rings. The van der Waals surface area contributed by atoms with Gasteiger partial charge in [-0.15, -0.1) is 10.2 Å². The molecule has 10 heteroatoms. The van der Waals surface area contributed by atoms with Crippen molar-refractivity contribution < 1.29 is 9.72 Å². The summed E-state index contributed by atoms with van der Waals surface area (Å²) in [4.78, 5) is 25.9. The van der Waals surface area contributed by atoms with Gasteiger partial charge in [0.15, 0.2) is 11.0 Å². The number of aromatic amines is 1. The zero-order valence-electron chi connectivity index (χ0n) is 18.6. The second kappa shape index (κ2) is 9.07. The van der Waals surface area contributed by atoms with Crippen LogP contribution in [-0.2, 0) is 5.75 Å². The molecular formula is C25H20N6O3S. The number of nitro groups is 1. The van der Waals surface area contributed by atoms with Crippen molar-refractivity contribution in [2.45, 2.75) is 17.8 Å². The lowest BCUT2D eigenvalue weighted by molar-refractivity contribution is -0.385. The van der Waals surface area contributed by atoms with Crippen LogP contribution in [0.4, 0.5) is 5.69 Å². The van der Waals surface area contributed by atoms with Crippen molar-refractivity contribution in [2.24, 2.45) is 5.73 Å². The van der Waals surface area contributed by atoms with Gasteiger partial charge in [-0.1, -0.05) is 48.2 Å². The third-order valence-corrected chi connectivity index (χ3v) is 6.62. The highest BCUT2D eigenvalue weighted by Crippen LogP contribution is 2.34. The minimum Gasteiger partial charge on any atom is -0.366 e. The molecule has 9 nitrogen and oxygen atoms in total. The van der Waals surface area contributed by atoms with E-state index in [0.717, 1.165) is 27.7 Å². The molecule has 1 amide bonds. The number of thioether (sulfide) groups is 1. The Morgan fingerprint density at radius 1 is 1.11 bits per heavy atom. The van der Waals surface area contributed by atoms with E-state index in [1.807, 2.05) is 66.2 Å². The minimum atomic E-state index is -0.713. The van der Waals surface area contributed by atoms with Crippen LogP contribution < -0.4 is 5.73 Å². The first kappa shape index (κ1) is 22.4. The highest BCUT2D eigenvalue weighted by atomic mass is 32.2. The molecule has 3 aromatic carbocycles. The van der Waals surface area contributed by atoms with Crippen LogP contribution in [-0.4, -0.2) is 30.6 Å². The fourth-order valence-corrected chi connectivity index (χ4v) is 4.89. The second-order valence-electron chi connectivity index (χ2n) is 7.98. The van der Waals surface area contributed by atoms with E-state index in [4.69, 9.17) is 5.73 Å². The molecule has 174 valence electrons. The molecule has 0 fully saturated rings. The Balaban J connectivity index is 1.58. The lowest BCUT2D eigenvalue weighted by Gasteiger charge is -2.11. The van der Waals surface area contributed by atoms with Crippen LogP contribution in [0.2, 0.25) is 0 Å². The standard InChI is InChI=1S/C25H20N6O3S/c1-15-5-4-6-18(11-15)30-24(20-13-27-21-8-3-2-7-19(20)21)28-29-25(30)35-14-17-10-9-16(23(26)32)12-22(17)31(33)34/h2-13,27H,14H2,1H3,(H2,26,32). The van der Waals surface area contributed by atoms with Crippen molar-refractivity contribution in [3.8, 4) is 17.1 Å². The number of H-pyrrole nitrogens is 1. The topological polar surface area (TPSA) is 133 Å². The summed E-state index contributed by atoms with van der Waals surface area (Å²) in [5.41, 5.74) is 9.53. The zero-order valence-corrected chi connectivity index (χ0v) is 19.5. The summed E-state index contributed by atoms with van der Waals surface area (Å²) in [7, 11) is 0.